The van der Waals surface area contributed by atoms with E-state index in [0.29, 0.717) is 12.3 Å². The number of hydrogen-bond donors (Lipinski definition) is 0. The summed E-state index contributed by atoms with van der Waals surface area (Å²) >= 11 is 1.64. The summed E-state index contributed by atoms with van der Waals surface area (Å²) in [6, 6.07) is 10.3. The first-order valence-electron chi connectivity index (χ1n) is 7.41. The van der Waals surface area contributed by atoms with Crippen LogP contribution in [0, 0.1) is 6.92 Å². The monoisotopic (exact) mass is 336 g/mol. The Morgan fingerprint density at radius 2 is 2.05 bits per heavy atom. The summed E-state index contributed by atoms with van der Waals surface area (Å²) in [4.78, 5) is 6.79. The number of nitrogens with zero attached hydrogens (tertiary/aromatic N) is 2. The van der Waals surface area contributed by atoms with Crippen LogP contribution in [-0.4, -0.2) is 35.8 Å². The second kappa shape index (κ2) is 6.48. The van der Waals surface area contributed by atoms with E-state index in [-0.39, 0.29) is 11.8 Å². The Balaban J connectivity index is 1.78. The van der Waals surface area contributed by atoms with E-state index in [1.807, 2.05) is 30.5 Å². The Hall–Kier alpha value is -1.24. The summed E-state index contributed by atoms with van der Waals surface area (Å²) < 4.78 is 23.6. The maximum absolute atomic E-state index is 11.8. The standard InChI is InChI=1S/C16H20N2O2S2/c1-13-11-21-16(17-13)10-18(9-14-5-3-2-4-6-14)15-7-8-22(19,20)12-15/h2-6,11,15H,7-10,12H2,1H3. The lowest BCUT2D eigenvalue weighted by atomic mass is 10.1. The molecule has 1 aromatic carbocycles. The molecule has 1 saturated heterocycles. The second-order valence-electron chi connectivity index (χ2n) is 5.83. The Morgan fingerprint density at radius 3 is 2.64 bits per heavy atom. The molecule has 6 heteroatoms. The maximum Gasteiger partial charge on any atom is 0.151 e. The van der Waals surface area contributed by atoms with Gasteiger partial charge in [-0.2, -0.15) is 0 Å². The molecule has 2 aromatic rings. The fraction of sp³-hybridized carbons (Fsp3) is 0.438. The molecular formula is C16H20N2O2S2. The van der Waals surface area contributed by atoms with Gasteiger partial charge in [-0.15, -0.1) is 11.3 Å². The summed E-state index contributed by atoms with van der Waals surface area (Å²) in [5, 5.41) is 3.10. The third-order valence-corrected chi connectivity index (χ3v) is 6.66. The van der Waals surface area contributed by atoms with Crippen molar-refractivity contribution in [2.24, 2.45) is 0 Å². The van der Waals surface area contributed by atoms with Crippen molar-refractivity contribution in [3.8, 4) is 0 Å². The summed E-state index contributed by atoms with van der Waals surface area (Å²) in [5.41, 5.74) is 2.23. The van der Waals surface area contributed by atoms with Crippen molar-refractivity contribution < 1.29 is 8.42 Å². The molecule has 1 atom stereocenters. The Morgan fingerprint density at radius 1 is 1.27 bits per heavy atom. The topological polar surface area (TPSA) is 50.3 Å². The number of rotatable bonds is 5. The summed E-state index contributed by atoms with van der Waals surface area (Å²) in [6.07, 6.45) is 0.722. The summed E-state index contributed by atoms with van der Waals surface area (Å²) in [7, 11) is -2.88. The molecule has 1 aliphatic rings. The fourth-order valence-corrected chi connectivity index (χ4v) is 5.40. The van der Waals surface area contributed by atoms with Crippen molar-refractivity contribution in [3.05, 3.63) is 52.0 Å². The van der Waals surface area contributed by atoms with Crippen molar-refractivity contribution in [2.75, 3.05) is 11.5 Å². The van der Waals surface area contributed by atoms with Gasteiger partial charge in [-0.1, -0.05) is 30.3 Å². The zero-order chi connectivity index (χ0) is 15.6. The van der Waals surface area contributed by atoms with Crippen molar-refractivity contribution >= 4 is 21.2 Å². The van der Waals surface area contributed by atoms with Crippen LogP contribution >= 0.6 is 11.3 Å². The van der Waals surface area contributed by atoms with Gasteiger partial charge < -0.3 is 0 Å². The van der Waals surface area contributed by atoms with Crippen LogP contribution < -0.4 is 0 Å². The molecule has 1 unspecified atom stereocenters. The zero-order valence-corrected chi connectivity index (χ0v) is 14.2. The quantitative estimate of drug-likeness (QED) is 0.842. The molecule has 22 heavy (non-hydrogen) atoms. The van der Waals surface area contributed by atoms with E-state index < -0.39 is 9.84 Å². The van der Waals surface area contributed by atoms with Crippen LogP contribution in [0.1, 0.15) is 22.7 Å². The molecule has 0 radical (unpaired) electrons. The smallest absolute Gasteiger partial charge is 0.151 e. The van der Waals surface area contributed by atoms with Gasteiger partial charge in [-0.3, -0.25) is 4.90 Å². The van der Waals surface area contributed by atoms with Crippen molar-refractivity contribution in [1.82, 2.24) is 9.88 Å². The normalized spacial score (nSPS) is 20.5. The number of sulfone groups is 1. The first-order valence-corrected chi connectivity index (χ1v) is 10.1. The van der Waals surface area contributed by atoms with E-state index in [4.69, 9.17) is 0 Å². The van der Waals surface area contributed by atoms with Crippen LogP contribution in [0.15, 0.2) is 35.7 Å². The highest BCUT2D eigenvalue weighted by molar-refractivity contribution is 7.91. The van der Waals surface area contributed by atoms with Gasteiger partial charge in [0.05, 0.1) is 18.1 Å². The van der Waals surface area contributed by atoms with E-state index in [1.165, 1.54) is 5.56 Å². The fourth-order valence-electron chi connectivity index (χ4n) is 2.84. The van der Waals surface area contributed by atoms with Crippen LogP contribution in [0.3, 0.4) is 0 Å². The summed E-state index contributed by atoms with van der Waals surface area (Å²) in [5.74, 6) is 0.573. The van der Waals surface area contributed by atoms with E-state index >= 15 is 0 Å². The van der Waals surface area contributed by atoms with Gasteiger partial charge in [0, 0.05) is 23.7 Å². The minimum absolute atomic E-state index is 0.0920. The SMILES string of the molecule is Cc1csc(CN(Cc2ccccc2)C2CCS(=O)(=O)C2)n1. The number of benzene rings is 1. The largest absolute Gasteiger partial charge is 0.288 e. The predicted molar refractivity (Wildman–Crippen MR) is 89.6 cm³/mol. The van der Waals surface area contributed by atoms with Gasteiger partial charge in [0.15, 0.2) is 9.84 Å². The minimum Gasteiger partial charge on any atom is -0.288 e. The Bertz CT molecular complexity index is 726. The Labute approximate surface area is 135 Å². The zero-order valence-electron chi connectivity index (χ0n) is 12.6. The highest BCUT2D eigenvalue weighted by Gasteiger charge is 2.32. The molecule has 3 rings (SSSR count). The summed E-state index contributed by atoms with van der Waals surface area (Å²) in [6.45, 7) is 3.47. The first-order chi connectivity index (χ1) is 10.5. The third kappa shape index (κ3) is 3.94. The molecule has 1 aromatic heterocycles. The molecule has 0 spiro atoms. The van der Waals surface area contributed by atoms with E-state index in [9.17, 15) is 8.42 Å². The highest BCUT2D eigenvalue weighted by atomic mass is 32.2. The molecular weight excluding hydrogens is 316 g/mol. The lowest BCUT2D eigenvalue weighted by Crippen LogP contribution is -2.35. The number of aryl methyl sites for hydroxylation is 1. The maximum atomic E-state index is 11.8. The molecule has 118 valence electrons. The van der Waals surface area contributed by atoms with Crippen LogP contribution in [0.4, 0.5) is 0 Å². The number of aromatic nitrogens is 1. The molecule has 2 heterocycles. The molecule has 0 saturated carbocycles. The highest BCUT2D eigenvalue weighted by Crippen LogP contribution is 2.23. The van der Waals surface area contributed by atoms with Crippen molar-refractivity contribution in [2.45, 2.75) is 32.5 Å². The second-order valence-corrected chi connectivity index (χ2v) is 9.00. The van der Waals surface area contributed by atoms with E-state index in [1.54, 1.807) is 11.3 Å². The van der Waals surface area contributed by atoms with Gasteiger partial charge in [0.1, 0.15) is 5.01 Å². The average molecular weight is 336 g/mol. The van der Waals surface area contributed by atoms with Gasteiger partial charge in [-0.25, -0.2) is 13.4 Å². The van der Waals surface area contributed by atoms with Gasteiger partial charge in [0.25, 0.3) is 0 Å². The van der Waals surface area contributed by atoms with Crippen LogP contribution in [0.2, 0.25) is 0 Å². The molecule has 0 aliphatic carbocycles. The van der Waals surface area contributed by atoms with Gasteiger partial charge in [-0.05, 0) is 18.9 Å². The molecule has 1 fully saturated rings. The Kier molecular flexibility index (Phi) is 4.61. The molecule has 1 aliphatic heterocycles. The van der Waals surface area contributed by atoms with Gasteiger partial charge >= 0.3 is 0 Å². The van der Waals surface area contributed by atoms with E-state index in [2.05, 4.69) is 22.0 Å². The molecule has 0 bridgehead atoms. The lowest BCUT2D eigenvalue weighted by molar-refractivity contribution is 0.194. The van der Waals surface area contributed by atoms with Gasteiger partial charge in [0.2, 0.25) is 0 Å². The predicted octanol–water partition coefficient (Wildman–Crippen LogP) is 2.64. The number of thiazole rings is 1. The van der Waals surface area contributed by atoms with Crippen LogP contribution in [-0.2, 0) is 22.9 Å². The molecule has 0 amide bonds. The molecule has 0 N–H and O–H groups in total. The van der Waals surface area contributed by atoms with Crippen molar-refractivity contribution in [3.63, 3.8) is 0 Å². The van der Waals surface area contributed by atoms with Crippen molar-refractivity contribution in [1.29, 1.82) is 0 Å². The van der Waals surface area contributed by atoms with Crippen LogP contribution in [0.25, 0.3) is 0 Å². The molecule has 4 nitrogen and oxygen atoms in total. The van der Waals surface area contributed by atoms with E-state index in [0.717, 1.165) is 23.7 Å². The third-order valence-electron chi connectivity index (χ3n) is 3.96. The van der Waals surface area contributed by atoms with Crippen LogP contribution in [0.5, 0.6) is 0 Å². The average Bonchev–Trinajstić information content (AvgIpc) is 3.05. The first kappa shape index (κ1) is 15.6. The minimum atomic E-state index is -2.88. The number of hydrogen-bond acceptors (Lipinski definition) is 5. The lowest BCUT2D eigenvalue weighted by Gasteiger charge is -2.27.